The molecule has 1 amide bonds. The van der Waals surface area contributed by atoms with E-state index in [1.54, 1.807) is 12.3 Å². The predicted octanol–water partition coefficient (Wildman–Crippen LogP) is 2.57. The number of ether oxygens (including phenoxy) is 2. The average Bonchev–Trinajstić information content (AvgIpc) is 2.38. The molecule has 124 valence electrons. The standard InChI is InChI=1S/C17H22N2O4/c1-15(2,3)23-14(21)19-17-8-16(9-17,10-17)12-6-5-11(7-18-12)13(20)22-4/h5-7H,8-10H2,1-4H3,(H,19,21). The number of esters is 1. The second-order valence-corrected chi connectivity index (χ2v) is 7.64. The van der Waals surface area contributed by atoms with Crippen molar-refractivity contribution in [3.05, 3.63) is 29.6 Å². The first-order valence-electron chi connectivity index (χ1n) is 7.73. The van der Waals surface area contributed by atoms with E-state index >= 15 is 0 Å². The lowest BCUT2D eigenvalue weighted by Crippen LogP contribution is -2.77. The molecule has 1 heterocycles. The van der Waals surface area contributed by atoms with Crippen molar-refractivity contribution in [1.29, 1.82) is 0 Å². The van der Waals surface area contributed by atoms with Gasteiger partial charge in [-0.15, -0.1) is 0 Å². The fourth-order valence-electron chi connectivity index (χ4n) is 3.66. The van der Waals surface area contributed by atoms with E-state index < -0.39 is 5.60 Å². The van der Waals surface area contributed by atoms with Crippen molar-refractivity contribution in [1.82, 2.24) is 10.3 Å². The Labute approximate surface area is 135 Å². The monoisotopic (exact) mass is 318 g/mol. The first-order chi connectivity index (χ1) is 10.7. The van der Waals surface area contributed by atoms with E-state index in [-0.39, 0.29) is 23.0 Å². The van der Waals surface area contributed by atoms with Crippen LogP contribution in [0.5, 0.6) is 0 Å². The Balaban J connectivity index is 1.59. The fraction of sp³-hybridized carbons (Fsp3) is 0.588. The van der Waals surface area contributed by atoms with Crippen molar-refractivity contribution in [3.8, 4) is 0 Å². The van der Waals surface area contributed by atoms with Gasteiger partial charge in [-0.05, 0) is 52.2 Å². The molecule has 2 bridgehead atoms. The molecular formula is C17H22N2O4. The largest absolute Gasteiger partial charge is 0.465 e. The SMILES string of the molecule is COC(=O)c1ccc(C23CC(NC(=O)OC(C)(C)C)(C2)C3)nc1. The quantitative estimate of drug-likeness (QED) is 0.867. The molecule has 0 atom stereocenters. The first kappa shape index (κ1) is 15.8. The van der Waals surface area contributed by atoms with Crippen LogP contribution in [0.1, 0.15) is 56.1 Å². The summed E-state index contributed by atoms with van der Waals surface area (Å²) < 4.78 is 9.98. The molecule has 4 rings (SSSR count). The van der Waals surface area contributed by atoms with Gasteiger partial charge in [0.05, 0.1) is 12.7 Å². The van der Waals surface area contributed by atoms with Crippen LogP contribution < -0.4 is 5.32 Å². The Morgan fingerprint density at radius 3 is 2.35 bits per heavy atom. The predicted molar refractivity (Wildman–Crippen MR) is 83.2 cm³/mol. The summed E-state index contributed by atoms with van der Waals surface area (Å²) in [4.78, 5) is 27.7. The van der Waals surface area contributed by atoms with E-state index in [0.29, 0.717) is 5.56 Å². The number of rotatable bonds is 3. The first-order valence-corrected chi connectivity index (χ1v) is 7.73. The van der Waals surface area contributed by atoms with Gasteiger partial charge in [0, 0.05) is 22.8 Å². The zero-order valence-electron chi connectivity index (χ0n) is 13.9. The second-order valence-electron chi connectivity index (χ2n) is 7.64. The Hall–Kier alpha value is -2.11. The van der Waals surface area contributed by atoms with Crippen molar-refractivity contribution >= 4 is 12.1 Å². The Kier molecular flexibility index (Phi) is 3.39. The van der Waals surface area contributed by atoms with Crippen LogP contribution in [-0.4, -0.2) is 35.3 Å². The molecule has 6 heteroatoms. The summed E-state index contributed by atoms with van der Waals surface area (Å²) in [5.41, 5.74) is 0.813. The van der Waals surface area contributed by atoms with E-state index in [1.165, 1.54) is 7.11 Å². The molecule has 1 aromatic rings. The Morgan fingerprint density at radius 1 is 1.22 bits per heavy atom. The molecule has 23 heavy (non-hydrogen) atoms. The maximum Gasteiger partial charge on any atom is 0.408 e. The second kappa shape index (κ2) is 4.94. The zero-order chi connectivity index (χ0) is 16.9. The van der Waals surface area contributed by atoms with Crippen LogP contribution in [0.2, 0.25) is 0 Å². The number of hydrogen-bond donors (Lipinski definition) is 1. The average molecular weight is 318 g/mol. The van der Waals surface area contributed by atoms with Gasteiger partial charge in [0.1, 0.15) is 5.60 Å². The van der Waals surface area contributed by atoms with Crippen molar-refractivity contribution in [2.24, 2.45) is 0 Å². The number of amides is 1. The lowest BCUT2D eigenvalue weighted by molar-refractivity contribution is -0.0908. The zero-order valence-corrected chi connectivity index (χ0v) is 13.9. The molecule has 0 radical (unpaired) electrons. The Morgan fingerprint density at radius 2 is 1.87 bits per heavy atom. The molecule has 0 aromatic carbocycles. The number of nitrogens with zero attached hydrogens (tertiary/aromatic N) is 1. The number of pyridine rings is 1. The van der Waals surface area contributed by atoms with Crippen molar-refractivity contribution < 1.29 is 19.1 Å². The molecule has 6 nitrogen and oxygen atoms in total. The van der Waals surface area contributed by atoms with Crippen LogP contribution in [0.25, 0.3) is 0 Å². The molecule has 3 aliphatic carbocycles. The van der Waals surface area contributed by atoms with Gasteiger partial charge in [-0.25, -0.2) is 9.59 Å². The summed E-state index contributed by atoms with van der Waals surface area (Å²) >= 11 is 0. The van der Waals surface area contributed by atoms with Gasteiger partial charge in [0.15, 0.2) is 0 Å². The van der Waals surface area contributed by atoms with Crippen LogP contribution in [0.3, 0.4) is 0 Å². The topological polar surface area (TPSA) is 77.5 Å². The highest BCUT2D eigenvalue weighted by atomic mass is 16.6. The van der Waals surface area contributed by atoms with Gasteiger partial charge < -0.3 is 14.8 Å². The van der Waals surface area contributed by atoms with Crippen molar-refractivity contribution in [2.75, 3.05) is 7.11 Å². The van der Waals surface area contributed by atoms with Crippen LogP contribution >= 0.6 is 0 Å². The third-order valence-electron chi connectivity index (χ3n) is 4.52. The van der Waals surface area contributed by atoms with Gasteiger partial charge in [0.25, 0.3) is 0 Å². The smallest absolute Gasteiger partial charge is 0.408 e. The molecule has 3 fully saturated rings. The lowest BCUT2D eigenvalue weighted by Gasteiger charge is -2.70. The minimum Gasteiger partial charge on any atom is -0.465 e. The summed E-state index contributed by atoms with van der Waals surface area (Å²) in [5.74, 6) is -0.385. The van der Waals surface area contributed by atoms with Gasteiger partial charge in [-0.1, -0.05) is 0 Å². The molecule has 0 spiro atoms. The maximum absolute atomic E-state index is 11.9. The minimum absolute atomic E-state index is 0.0314. The molecular weight excluding hydrogens is 296 g/mol. The highest BCUT2D eigenvalue weighted by molar-refractivity contribution is 5.88. The van der Waals surface area contributed by atoms with Gasteiger partial charge >= 0.3 is 12.1 Å². The number of carbonyl (C=O) groups excluding carboxylic acids is 2. The highest BCUT2D eigenvalue weighted by Gasteiger charge is 2.70. The number of nitrogens with one attached hydrogen (secondary N) is 1. The van der Waals surface area contributed by atoms with Crippen LogP contribution in [0.15, 0.2) is 18.3 Å². The highest BCUT2D eigenvalue weighted by Crippen LogP contribution is 2.67. The Bertz CT molecular complexity index is 626. The summed E-state index contributed by atoms with van der Waals surface area (Å²) in [6, 6.07) is 3.62. The summed E-state index contributed by atoms with van der Waals surface area (Å²) in [5, 5.41) is 2.99. The number of methoxy groups -OCH3 is 1. The lowest BCUT2D eigenvalue weighted by atomic mass is 9.38. The number of aromatic nitrogens is 1. The van der Waals surface area contributed by atoms with Crippen LogP contribution in [-0.2, 0) is 14.9 Å². The minimum atomic E-state index is -0.490. The molecule has 0 unspecified atom stereocenters. The van der Waals surface area contributed by atoms with E-state index in [9.17, 15) is 9.59 Å². The van der Waals surface area contributed by atoms with E-state index in [4.69, 9.17) is 4.74 Å². The van der Waals surface area contributed by atoms with E-state index in [2.05, 4.69) is 15.0 Å². The molecule has 1 N–H and O–H groups in total. The third kappa shape index (κ3) is 2.78. The fourth-order valence-corrected chi connectivity index (χ4v) is 3.66. The number of alkyl carbamates (subject to hydrolysis) is 1. The third-order valence-corrected chi connectivity index (χ3v) is 4.52. The molecule has 1 aromatic heterocycles. The van der Waals surface area contributed by atoms with E-state index in [0.717, 1.165) is 25.0 Å². The van der Waals surface area contributed by atoms with Gasteiger partial charge in [-0.3, -0.25) is 4.98 Å². The van der Waals surface area contributed by atoms with E-state index in [1.807, 2.05) is 26.8 Å². The number of hydrogen-bond acceptors (Lipinski definition) is 5. The van der Waals surface area contributed by atoms with Crippen LogP contribution in [0, 0.1) is 0 Å². The van der Waals surface area contributed by atoms with Gasteiger partial charge in [-0.2, -0.15) is 0 Å². The summed E-state index contributed by atoms with van der Waals surface area (Å²) in [6.07, 6.45) is 3.78. The van der Waals surface area contributed by atoms with Crippen molar-refractivity contribution in [2.45, 2.75) is 56.6 Å². The normalized spacial score (nSPS) is 28.2. The summed E-state index contributed by atoms with van der Waals surface area (Å²) in [6.45, 7) is 5.55. The number of carbonyl (C=O) groups is 2. The summed E-state index contributed by atoms with van der Waals surface area (Å²) in [7, 11) is 1.35. The van der Waals surface area contributed by atoms with Crippen LogP contribution in [0.4, 0.5) is 4.79 Å². The van der Waals surface area contributed by atoms with Gasteiger partial charge in [0.2, 0.25) is 0 Å². The maximum atomic E-state index is 11.9. The van der Waals surface area contributed by atoms with Crippen molar-refractivity contribution in [3.63, 3.8) is 0 Å². The molecule has 3 saturated carbocycles. The molecule has 0 aliphatic heterocycles. The molecule has 0 saturated heterocycles. The molecule has 3 aliphatic rings.